The minimum absolute atomic E-state index is 0.181. The van der Waals surface area contributed by atoms with Crippen molar-refractivity contribution in [2.24, 2.45) is 0 Å². The predicted molar refractivity (Wildman–Crippen MR) is 81.9 cm³/mol. The first kappa shape index (κ1) is 14.4. The summed E-state index contributed by atoms with van der Waals surface area (Å²) in [6.07, 6.45) is 2.05. The van der Waals surface area contributed by atoms with Crippen LogP contribution >= 0.6 is 12.6 Å². The highest BCUT2D eigenvalue weighted by molar-refractivity contribution is 7.83. The number of hydrogen-bond acceptors (Lipinski definition) is 1. The van der Waals surface area contributed by atoms with Gasteiger partial charge < -0.3 is 0 Å². The first-order chi connectivity index (χ1) is 7.64. The van der Waals surface area contributed by atoms with Crippen LogP contribution in [0.1, 0.15) is 58.2 Å². The van der Waals surface area contributed by atoms with Crippen molar-refractivity contribution in [1.29, 1.82) is 0 Å². The molecule has 0 aliphatic heterocycles. The summed E-state index contributed by atoms with van der Waals surface area (Å²) >= 11 is 4.17. The van der Waals surface area contributed by atoms with Crippen molar-refractivity contribution >= 4 is 18.7 Å². The van der Waals surface area contributed by atoms with Crippen LogP contribution < -0.4 is 0 Å². The molecule has 0 fully saturated rings. The molecule has 0 atom stereocenters. The van der Waals surface area contributed by atoms with Crippen LogP contribution in [0.3, 0.4) is 0 Å². The summed E-state index contributed by atoms with van der Waals surface area (Å²) in [4.78, 5) is 0. The average Bonchev–Trinajstić information content (AvgIpc) is 2.15. The van der Waals surface area contributed by atoms with E-state index in [1.54, 1.807) is 5.41 Å². The summed E-state index contributed by atoms with van der Waals surface area (Å²) in [5.41, 5.74) is 4.36. The van der Waals surface area contributed by atoms with E-state index in [0.717, 1.165) is 0 Å². The van der Waals surface area contributed by atoms with Crippen molar-refractivity contribution in [2.45, 2.75) is 52.4 Å². The average molecular weight is 248 g/mol. The first-order valence-corrected chi connectivity index (χ1v) is 6.63. The first-order valence-electron chi connectivity index (χ1n) is 6.11. The molecule has 0 bridgehead atoms. The lowest BCUT2D eigenvalue weighted by Gasteiger charge is -2.25. The molecule has 0 radical (unpaired) electrons. The lowest BCUT2D eigenvalue weighted by atomic mass is 9.79. The highest BCUT2D eigenvalue weighted by atomic mass is 32.1. The van der Waals surface area contributed by atoms with E-state index in [1.807, 2.05) is 6.08 Å². The smallest absolute Gasteiger partial charge is 0.0132 e. The zero-order valence-corrected chi connectivity index (χ0v) is 12.7. The molecule has 0 N–H and O–H groups in total. The third kappa shape index (κ3) is 3.92. The fourth-order valence-corrected chi connectivity index (χ4v) is 1.87. The SMILES string of the molecule is CC(C)(C)c1cc(C=CS)cc(C(C)(C)C)c1. The van der Waals surface area contributed by atoms with E-state index in [0.29, 0.717) is 0 Å². The number of thiol groups is 1. The van der Waals surface area contributed by atoms with Crippen LogP contribution in [-0.2, 0) is 10.8 Å². The largest absolute Gasteiger partial charge is 0.151 e. The number of hydrogen-bond donors (Lipinski definition) is 1. The molecule has 0 nitrogen and oxygen atoms in total. The second-order valence-electron chi connectivity index (χ2n) is 6.66. The Hall–Kier alpha value is -0.690. The maximum absolute atomic E-state index is 4.17. The molecule has 0 saturated heterocycles. The third-order valence-corrected chi connectivity index (χ3v) is 3.10. The van der Waals surface area contributed by atoms with Crippen molar-refractivity contribution in [3.8, 4) is 0 Å². The Morgan fingerprint density at radius 3 is 1.53 bits per heavy atom. The summed E-state index contributed by atoms with van der Waals surface area (Å²) < 4.78 is 0. The number of rotatable bonds is 1. The van der Waals surface area contributed by atoms with E-state index in [4.69, 9.17) is 0 Å². The lowest BCUT2D eigenvalue weighted by Crippen LogP contribution is -2.16. The molecule has 0 saturated carbocycles. The van der Waals surface area contributed by atoms with Gasteiger partial charge in [0.05, 0.1) is 0 Å². The fourth-order valence-electron chi connectivity index (χ4n) is 1.70. The van der Waals surface area contributed by atoms with E-state index in [2.05, 4.69) is 72.4 Å². The van der Waals surface area contributed by atoms with Crippen molar-refractivity contribution in [1.82, 2.24) is 0 Å². The van der Waals surface area contributed by atoms with Crippen LogP contribution in [-0.4, -0.2) is 0 Å². The van der Waals surface area contributed by atoms with Gasteiger partial charge in [0.2, 0.25) is 0 Å². The topological polar surface area (TPSA) is 0 Å². The predicted octanol–water partition coefficient (Wildman–Crippen LogP) is 5.18. The Morgan fingerprint density at radius 1 is 0.824 bits per heavy atom. The van der Waals surface area contributed by atoms with Crippen LogP contribution in [0, 0.1) is 0 Å². The van der Waals surface area contributed by atoms with E-state index >= 15 is 0 Å². The van der Waals surface area contributed by atoms with Gasteiger partial charge >= 0.3 is 0 Å². The van der Waals surface area contributed by atoms with Gasteiger partial charge in [0.25, 0.3) is 0 Å². The van der Waals surface area contributed by atoms with Gasteiger partial charge in [-0.1, -0.05) is 59.7 Å². The van der Waals surface area contributed by atoms with E-state index in [-0.39, 0.29) is 10.8 Å². The molecule has 0 aliphatic carbocycles. The van der Waals surface area contributed by atoms with Gasteiger partial charge in [-0.05, 0) is 39.0 Å². The molecule has 0 spiro atoms. The molecule has 94 valence electrons. The second kappa shape index (κ2) is 4.89. The summed E-state index contributed by atoms with van der Waals surface area (Å²) in [7, 11) is 0. The van der Waals surface area contributed by atoms with Gasteiger partial charge in [-0.15, -0.1) is 0 Å². The molecule has 0 aromatic heterocycles. The van der Waals surface area contributed by atoms with Crippen LogP contribution in [0.25, 0.3) is 6.08 Å². The van der Waals surface area contributed by atoms with Gasteiger partial charge in [-0.2, -0.15) is 12.6 Å². The maximum Gasteiger partial charge on any atom is -0.0132 e. The van der Waals surface area contributed by atoms with Crippen molar-refractivity contribution < 1.29 is 0 Å². The second-order valence-corrected chi connectivity index (χ2v) is 6.96. The van der Waals surface area contributed by atoms with Crippen molar-refractivity contribution in [3.63, 3.8) is 0 Å². The van der Waals surface area contributed by atoms with E-state index in [1.165, 1.54) is 16.7 Å². The molecule has 17 heavy (non-hydrogen) atoms. The molecule has 1 aromatic carbocycles. The van der Waals surface area contributed by atoms with Gasteiger partial charge in [0.15, 0.2) is 0 Å². The van der Waals surface area contributed by atoms with E-state index < -0.39 is 0 Å². The quantitative estimate of drug-likeness (QED) is 0.650. The minimum atomic E-state index is 0.181. The summed E-state index contributed by atoms with van der Waals surface area (Å²) in [5.74, 6) is 0. The van der Waals surface area contributed by atoms with Crippen LogP contribution in [0.15, 0.2) is 23.6 Å². The van der Waals surface area contributed by atoms with Crippen molar-refractivity contribution in [2.75, 3.05) is 0 Å². The molecule has 1 aromatic rings. The Balaban J connectivity index is 3.39. The summed E-state index contributed by atoms with van der Waals surface area (Å²) in [6, 6.07) is 6.83. The van der Waals surface area contributed by atoms with Crippen molar-refractivity contribution in [3.05, 3.63) is 40.3 Å². The van der Waals surface area contributed by atoms with Crippen LogP contribution in [0.4, 0.5) is 0 Å². The Labute approximate surface area is 112 Å². The van der Waals surface area contributed by atoms with Gasteiger partial charge in [0.1, 0.15) is 0 Å². The van der Waals surface area contributed by atoms with E-state index in [9.17, 15) is 0 Å². The highest BCUT2D eigenvalue weighted by Gasteiger charge is 2.19. The zero-order valence-electron chi connectivity index (χ0n) is 11.8. The van der Waals surface area contributed by atoms with Crippen LogP contribution in [0.2, 0.25) is 0 Å². The maximum atomic E-state index is 4.17. The summed E-state index contributed by atoms with van der Waals surface area (Å²) in [6.45, 7) is 13.5. The monoisotopic (exact) mass is 248 g/mol. The molecule has 1 rings (SSSR count). The molecular formula is C16H24S. The van der Waals surface area contributed by atoms with Gasteiger partial charge in [-0.25, -0.2) is 0 Å². The molecule has 0 aliphatic rings. The Bertz CT molecular complexity index is 382. The molecule has 1 heteroatoms. The standard InChI is InChI=1S/C16H24S/c1-15(2,3)13-9-12(7-8-17)10-14(11-13)16(4,5)6/h7-11,17H,1-6H3. The fraction of sp³-hybridized carbons (Fsp3) is 0.500. The Kier molecular flexibility index (Phi) is 4.14. The number of benzene rings is 1. The lowest BCUT2D eigenvalue weighted by molar-refractivity contribution is 0.568. The van der Waals surface area contributed by atoms with Gasteiger partial charge in [-0.3, -0.25) is 0 Å². The minimum Gasteiger partial charge on any atom is -0.151 e. The Morgan fingerprint density at radius 2 is 1.24 bits per heavy atom. The third-order valence-electron chi connectivity index (χ3n) is 2.95. The van der Waals surface area contributed by atoms with Crippen LogP contribution in [0.5, 0.6) is 0 Å². The molecule has 0 amide bonds. The zero-order chi connectivity index (χ0) is 13.3. The molecule has 0 heterocycles. The normalized spacial score (nSPS) is 13.4. The summed E-state index contributed by atoms with van der Waals surface area (Å²) in [5, 5.41) is 1.80. The molecular weight excluding hydrogens is 224 g/mol. The van der Waals surface area contributed by atoms with Gasteiger partial charge in [0, 0.05) is 0 Å². The highest BCUT2D eigenvalue weighted by Crippen LogP contribution is 2.30. The molecule has 0 unspecified atom stereocenters.